The molecule has 0 aromatic heterocycles. The molecule has 0 atom stereocenters. The molecule has 1 rings (SSSR count). The first-order valence-corrected chi connectivity index (χ1v) is 8.67. The van der Waals surface area contributed by atoms with Crippen molar-refractivity contribution in [1.29, 1.82) is 0 Å². The summed E-state index contributed by atoms with van der Waals surface area (Å²) in [7, 11) is 0. The molecule has 120 valence electrons. The van der Waals surface area contributed by atoms with Crippen LogP contribution < -0.4 is 0 Å². The van der Waals surface area contributed by atoms with E-state index in [0.717, 1.165) is 0 Å². The minimum Gasteiger partial charge on any atom is -0.0646 e. The SMILES string of the molecule is CCC(C)(C)c1ccc(C(C)(C)CC)c(C(C)(C)CC)c1. The first-order valence-electron chi connectivity index (χ1n) is 8.67. The van der Waals surface area contributed by atoms with Crippen molar-refractivity contribution in [2.75, 3.05) is 0 Å². The summed E-state index contributed by atoms with van der Waals surface area (Å²) in [5.74, 6) is 0. The van der Waals surface area contributed by atoms with Crippen molar-refractivity contribution in [3.63, 3.8) is 0 Å². The lowest BCUT2D eigenvalue weighted by Gasteiger charge is -2.36. The second-order valence-corrected chi connectivity index (χ2v) is 8.47. The van der Waals surface area contributed by atoms with E-state index in [9.17, 15) is 0 Å². The van der Waals surface area contributed by atoms with Crippen LogP contribution in [-0.2, 0) is 16.2 Å². The average molecular weight is 289 g/mol. The fourth-order valence-electron chi connectivity index (χ4n) is 2.70. The smallest absolute Gasteiger partial charge is 0.0103 e. The van der Waals surface area contributed by atoms with Gasteiger partial charge in [0.25, 0.3) is 0 Å². The van der Waals surface area contributed by atoms with Gasteiger partial charge in [0, 0.05) is 0 Å². The Morgan fingerprint density at radius 1 is 0.619 bits per heavy atom. The van der Waals surface area contributed by atoms with E-state index in [-0.39, 0.29) is 16.2 Å². The Kier molecular flexibility index (Phi) is 5.35. The lowest BCUT2D eigenvalue weighted by atomic mass is 9.69. The second-order valence-electron chi connectivity index (χ2n) is 8.47. The van der Waals surface area contributed by atoms with E-state index in [0.29, 0.717) is 0 Å². The summed E-state index contributed by atoms with van der Waals surface area (Å²) in [5.41, 5.74) is 5.31. The predicted octanol–water partition coefficient (Wildman–Crippen LogP) is 6.75. The zero-order chi connectivity index (χ0) is 16.5. The van der Waals surface area contributed by atoms with Gasteiger partial charge in [-0.3, -0.25) is 0 Å². The van der Waals surface area contributed by atoms with Crippen LogP contribution in [-0.4, -0.2) is 0 Å². The lowest BCUT2D eigenvalue weighted by molar-refractivity contribution is 0.449. The van der Waals surface area contributed by atoms with Crippen molar-refractivity contribution in [2.45, 2.75) is 97.8 Å². The van der Waals surface area contributed by atoms with Crippen LogP contribution in [0.25, 0.3) is 0 Å². The molecule has 21 heavy (non-hydrogen) atoms. The minimum absolute atomic E-state index is 0.238. The summed E-state index contributed by atoms with van der Waals surface area (Å²) in [6.07, 6.45) is 3.53. The highest BCUT2D eigenvalue weighted by atomic mass is 14.3. The summed E-state index contributed by atoms with van der Waals surface area (Å²) in [6.45, 7) is 21.1. The fourth-order valence-corrected chi connectivity index (χ4v) is 2.70. The number of hydrogen-bond acceptors (Lipinski definition) is 0. The normalized spacial score (nSPS) is 13.6. The Labute approximate surface area is 133 Å². The summed E-state index contributed by atoms with van der Waals surface area (Å²) in [5, 5.41) is 0. The summed E-state index contributed by atoms with van der Waals surface area (Å²) >= 11 is 0. The maximum absolute atomic E-state index is 2.50. The molecular formula is C21H36. The topological polar surface area (TPSA) is 0 Å². The van der Waals surface area contributed by atoms with Gasteiger partial charge in [0.15, 0.2) is 0 Å². The molecule has 0 bridgehead atoms. The van der Waals surface area contributed by atoms with Gasteiger partial charge in [0.2, 0.25) is 0 Å². The molecule has 1 aromatic rings. The summed E-state index contributed by atoms with van der Waals surface area (Å²) < 4.78 is 0. The van der Waals surface area contributed by atoms with Gasteiger partial charge in [-0.05, 0) is 52.2 Å². The maximum atomic E-state index is 2.50. The van der Waals surface area contributed by atoms with Crippen LogP contribution in [0, 0.1) is 0 Å². The van der Waals surface area contributed by atoms with Gasteiger partial charge in [-0.25, -0.2) is 0 Å². The minimum atomic E-state index is 0.238. The maximum Gasteiger partial charge on any atom is -0.0103 e. The van der Waals surface area contributed by atoms with Crippen LogP contribution in [0.5, 0.6) is 0 Å². The Morgan fingerprint density at radius 3 is 1.48 bits per heavy atom. The highest BCUT2D eigenvalue weighted by Crippen LogP contribution is 2.40. The van der Waals surface area contributed by atoms with Crippen LogP contribution in [0.15, 0.2) is 18.2 Å². The van der Waals surface area contributed by atoms with E-state index in [2.05, 4.69) is 80.5 Å². The first-order chi connectivity index (χ1) is 9.51. The second kappa shape index (κ2) is 6.15. The zero-order valence-corrected chi connectivity index (χ0v) is 15.9. The van der Waals surface area contributed by atoms with Crippen molar-refractivity contribution >= 4 is 0 Å². The van der Waals surface area contributed by atoms with Crippen molar-refractivity contribution in [3.05, 3.63) is 34.9 Å². The molecule has 0 aliphatic heterocycles. The Balaban J connectivity index is 3.56. The van der Waals surface area contributed by atoms with Crippen molar-refractivity contribution in [2.24, 2.45) is 0 Å². The molecule has 1 aromatic carbocycles. The monoisotopic (exact) mass is 288 g/mol. The fraction of sp³-hybridized carbons (Fsp3) is 0.714. The molecule has 0 unspecified atom stereocenters. The Bertz CT molecular complexity index is 475. The van der Waals surface area contributed by atoms with Crippen LogP contribution in [0.1, 0.15) is 98.3 Å². The van der Waals surface area contributed by atoms with Gasteiger partial charge in [-0.15, -0.1) is 0 Å². The third-order valence-corrected chi connectivity index (χ3v) is 5.91. The van der Waals surface area contributed by atoms with E-state index in [4.69, 9.17) is 0 Å². The van der Waals surface area contributed by atoms with Crippen molar-refractivity contribution in [1.82, 2.24) is 0 Å². The zero-order valence-electron chi connectivity index (χ0n) is 15.9. The number of hydrogen-bond donors (Lipinski definition) is 0. The molecule has 0 aliphatic rings. The van der Waals surface area contributed by atoms with Gasteiger partial charge in [0.05, 0.1) is 0 Å². The molecule has 0 N–H and O–H groups in total. The molecule has 0 amide bonds. The lowest BCUT2D eigenvalue weighted by Crippen LogP contribution is -2.27. The summed E-state index contributed by atoms with van der Waals surface area (Å²) in [6, 6.07) is 7.27. The van der Waals surface area contributed by atoms with E-state index in [1.54, 1.807) is 5.56 Å². The van der Waals surface area contributed by atoms with Crippen LogP contribution in [0.2, 0.25) is 0 Å². The standard InChI is InChI=1S/C21H36/c1-10-19(4,5)16-13-14-17(20(6,7)11-2)18(15-16)21(8,9)12-3/h13-15H,10-12H2,1-9H3. The highest BCUT2D eigenvalue weighted by molar-refractivity contribution is 5.43. The molecule has 0 fully saturated rings. The third kappa shape index (κ3) is 3.71. The highest BCUT2D eigenvalue weighted by Gasteiger charge is 2.30. The quantitative estimate of drug-likeness (QED) is 0.543. The molecule has 0 spiro atoms. The Hall–Kier alpha value is -0.780. The van der Waals surface area contributed by atoms with Crippen molar-refractivity contribution in [3.8, 4) is 0 Å². The molecular weight excluding hydrogens is 252 g/mol. The van der Waals surface area contributed by atoms with E-state index < -0.39 is 0 Å². The first kappa shape index (κ1) is 18.3. The van der Waals surface area contributed by atoms with Gasteiger partial charge < -0.3 is 0 Å². The van der Waals surface area contributed by atoms with Crippen LogP contribution >= 0.6 is 0 Å². The van der Waals surface area contributed by atoms with Crippen molar-refractivity contribution < 1.29 is 0 Å². The average Bonchev–Trinajstić information content (AvgIpc) is 2.46. The summed E-state index contributed by atoms with van der Waals surface area (Å²) in [4.78, 5) is 0. The van der Waals surface area contributed by atoms with E-state index in [1.807, 2.05) is 0 Å². The van der Waals surface area contributed by atoms with E-state index >= 15 is 0 Å². The van der Waals surface area contributed by atoms with Crippen LogP contribution in [0.3, 0.4) is 0 Å². The van der Waals surface area contributed by atoms with E-state index in [1.165, 1.54) is 30.4 Å². The Morgan fingerprint density at radius 2 is 1.05 bits per heavy atom. The van der Waals surface area contributed by atoms with Crippen LogP contribution in [0.4, 0.5) is 0 Å². The van der Waals surface area contributed by atoms with Gasteiger partial charge in [-0.1, -0.05) is 80.5 Å². The number of rotatable bonds is 6. The molecule has 0 aliphatic carbocycles. The van der Waals surface area contributed by atoms with Gasteiger partial charge >= 0.3 is 0 Å². The molecule has 0 saturated heterocycles. The molecule has 0 nitrogen and oxygen atoms in total. The van der Waals surface area contributed by atoms with Gasteiger partial charge in [-0.2, -0.15) is 0 Å². The molecule has 0 radical (unpaired) electrons. The predicted molar refractivity (Wildman–Crippen MR) is 96.4 cm³/mol. The number of benzene rings is 1. The molecule has 0 heterocycles. The molecule has 0 heteroatoms. The van der Waals surface area contributed by atoms with Gasteiger partial charge in [0.1, 0.15) is 0 Å². The largest absolute Gasteiger partial charge is 0.0646 e. The third-order valence-electron chi connectivity index (χ3n) is 5.91. The molecule has 0 saturated carbocycles.